The second-order valence-electron chi connectivity index (χ2n) is 3.67. The molecule has 16 heavy (non-hydrogen) atoms. The number of hydrogen-bond acceptors (Lipinski definition) is 4. The molecule has 0 aromatic carbocycles. The van der Waals surface area contributed by atoms with Gasteiger partial charge in [-0.25, -0.2) is 4.98 Å². The molecule has 1 N–H and O–H groups in total. The van der Waals surface area contributed by atoms with E-state index in [9.17, 15) is 0 Å². The first kappa shape index (κ1) is 11.1. The van der Waals surface area contributed by atoms with E-state index in [0.29, 0.717) is 0 Å². The smallest absolute Gasteiger partial charge is 0.128 e. The molecule has 2 aromatic rings. The lowest BCUT2D eigenvalue weighted by atomic mass is 10.3. The minimum atomic E-state index is 0.0432. The van der Waals surface area contributed by atoms with Crippen molar-refractivity contribution in [2.45, 2.75) is 13.2 Å². The average Bonchev–Trinajstić information content (AvgIpc) is 2.82. The highest BCUT2D eigenvalue weighted by atomic mass is 32.1. The van der Waals surface area contributed by atoms with Gasteiger partial charge in [0.15, 0.2) is 0 Å². The Hall–Kier alpha value is -1.39. The first-order valence-electron chi connectivity index (χ1n) is 5.07. The monoisotopic (exact) mass is 234 g/mol. The molecule has 3 nitrogen and oxygen atoms in total. The maximum atomic E-state index is 8.92. The predicted octanol–water partition coefficient (Wildman–Crippen LogP) is 2.27. The SMILES string of the molecule is CN(Cc1ccsc1)c1ccc(CO)cn1. The molecule has 0 unspecified atom stereocenters. The van der Waals surface area contributed by atoms with E-state index in [-0.39, 0.29) is 6.61 Å². The zero-order valence-corrected chi connectivity index (χ0v) is 9.94. The molecule has 0 saturated heterocycles. The number of aliphatic hydroxyl groups excluding tert-OH is 1. The minimum absolute atomic E-state index is 0.0432. The van der Waals surface area contributed by atoms with Crippen LogP contribution >= 0.6 is 11.3 Å². The van der Waals surface area contributed by atoms with Crippen molar-refractivity contribution in [2.75, 3.05) is 11.9 Å². The summed E-state index contributed by atoms with van der Waals surface area (Å²) in [5.41, 5.74) is 2.13. The van der Waals surface area contributed by atoms with Gasteiger partial charge in [0.25, 0.3) is 0 Å². The highest BCUT2D eigenvalue weighted by Crippen LogP contribution is 2.14. The fourth-order valence-corrected chi connectivity index (χ4v) is 2.13. The molecule has 0 atom stereocenters. The Morgan fingerprint density at radius 2 is 2.19 bits per heavy atom. The van der Waals surface area contributed by atoms with Crippen LogP contribution in [0.1, 0.15) is 11.1 Å². The number of anilines is 1. The van der Waals surface area contributed by atoms with Gasteiger partial charge >= 0.3 is 0 Å². The topological polar surface area (TPSA) is 36.4 Å². The zero-order valence-electron chi connectivity index (χ0n) is 9.13. The van der Waals surface area contributed by atoms with Crippen LogP contribution in [0, 0.1) is 0 Å². The van der Waals surface area contributed by atoms with Crippen molar-refractivity contribution >= 4 is 17.2 Å². The largest absolute Gasteiger partial charge is 0.392 e. The van der Waals surface area contributed by atoms with Crippen LogP contribution in [0.5, 0.6) is 0 Å². The van der Waals surface area contributed by atoms with Crippen molar-refractivity contribution in [3.63, 3.8) is 0 Å². The number of thiophene rings is 1. The van der Waals surface area contributed by atoms with E-state index < -0.39 is 0 Å². The molecule has 0 aliphatic heterocycles. The fraction of sp³-hybridized carbons (Fsp3) is 0.250. The van der Waals surface area contributed by atoms with Gasteiger partial charge in [-0.2, -0.15) is 11.3 Å². The molecular formula is C12H14N2OS. The number of aromatic nitrogens is 1. The summed E-state index contributed by atoms with van der Waals surface area (Å²) < 4.78 is 0. The maximum Gasteiger partial charge on any atom is 0.128 e. The molecule has 2 heterocycles. The third-order valence-corrected chi connectivity index (χ3v) is 3.11. The summed E-state index contributed by atoms with van der Waals surface area (Å²) in [6, 6.07) is 5.94. The Kier molecular flexibility index (Phi) is 3.54. The van der Waals surface area contributed by atoms with Gasteiger partial charge in [-0.1, -0.05) is 6.07 Å². The van der Waals surface area contributed by atoms with E-state index in [1.807, 2.05) is 19.2 Å². The van der Waals surface area contributed by atoms with Gasteiger partial charge in [-0.05, 0) is 34.0 Å². The van der Waals surface area contributed by atoms with Crippen molar-refractivity contribution in [2.24, 2.45) is 0 Å². The number of aliphatic hydroxyl groups is 1. The highest BCUT2D eigenvalue weighted by Gasteiger charge is 2.03. The van der Waals surface area contributed by atoms with Crippen LogP contribution in [0.25, 0.3) is 0 Å². The molecule has 2 aromatic heterocycles. The number of hydrogen-bond donors (Lipinski definition) is 1. The van der Waals surface area contributed by atoms with E-state index in [2.05, 4.69) is 26.7 Å². The van der Waals surface area contributed by atoms with Gasteiger partial charge in [0.2, 0.25) is 0 Å². The molecule has 0 fully saturated rings. The van der Waals surface area contributed by atoms with Crippen molar-refractivity contribution in [3.05, 3.63) is 46.3 Å². The normalized spacial score (nSPS) is 10.4. The lowest BCUT2D eigenvalue weighted by Gasteiger charge is -2.17. The summed E-state index contributed by atoms with van der Waals surface area (Å²) in [5.74, 6) is 0.920. The lowest BCUT2D eigenvalue weighted by Crippen LogP contribution is -2.17. The molecule has 0 aliphatic carbocycles. The standard InChI is InChI=1S/C12H14N2OS/c1-14(7-11-4-5-16-9-11)12-3-2-10(8-15)6-13-12/h2-6,9,15H,7-8H2,1H3. The van der Waals surface area contributed by atoms with Crippen molar-refractivity contribution < 1.29 is 5.11 Å². The second kappa shape index (κ2) is 5.09. The van der Waals surface area contributed by atoms with E-state index in [1.165, 1.54) is 5.56 Å². The molecule has 0 saturated carbocycles. The van der Waals surface area contributed by atoms with Crippen LogP contribution in [0.3, 0.4) is 0 Å². The second-order valence-corrected chi connectivity index (χ2v) is 4.45. The van der Waals surface area contributed by atoms with Gasteiger partial charge in [0.1, 0.15) is 5.82 Å². The summed E-state index contributed by atoms with van der Waals surface area (Å²) in [6.45, 7) is 0.899. The van der Waals surface area contributed by atoms with E-state index in [0.717, 1.165) is 17.9 Å². The Bertz CT molecular complexity index is 425. The number of pyridine rings is 1. The Balaban J connectivity index is 2.05. The molecule has 0 aliphatic rings. The van der Waals surface area contributed by atoms with Gasteiger partial charge in [-0.3, -0.25) is 0 Å². The molecule has 0 amide bonds. The van der Waals surface area contributed by atoms with Crippen molar-refractivity contribution in [3.8, 4) is 0 Å². The van der Waals surface area contributed by atoms with Crippen molar-refractivity contribution in [1.29, 1.82) is 0 Å². The van der Waals surface area contributed by atoms with Crippen LogP contribution < -0.4 is 4.90 Å². The van der Waals surface area contributed by atoms with Gasteiger partial charge in [0.05, 0.1) is 6.61 Å². The van der Waals surface area contributed by atoms with Crippen molar-refractivity contribution in [1.82, 2.24) is 4.98 Å². The molecule has 0 radical (unpaired) electrons. The van der Waals surface area contributed by atoms with Gasteiger partial charge < -0.3 is 10.0 Å². The molecule has 84 valence electrons. The Labute approximate surface area is 99.0 Å². The van der Waals surface area contributed by atoms with E-state index in [4.69, 9.17) is 5.11 Å². The first-order valence-corrected chi connectivity index (χ1v) is 6.02. The van der Waals surface area contributed by atoms with Crippen LogP contribution in [0.2, 0.25) is 0 Å². The van der Waals surface area contributed by atoms with Crippen LogP contribution in [-0.2, 0) is 13.2 Å². The Morgan fingerprint density at radius 1 is 1.31 bits per heavy atom. The average molecular weight is 234 g/mol. The molecular weight excluding hydrogens is 220 g/mol. The van der Waals surface area contributed by atoms with E-state index >= 15 is 0 Å². The molecule has 0 bridgehead atoms. The third-order valence-electron chi connectivity index (χ3n) is 2.38. The lowest BCUT2D eigenvalue weighted by molar-refractivity contribution is 0.281. The summed E-state index contributed by atoms with van der Waals surface area (Å²) in [7, 11) is 2.01. The predicted molar refractivity (Wildman–Crippen MR) is 66.6 cm³/mol. The summed E-state index contributed by atoms with van der Waals surface area (Å²) in [6.07, 6.45) is 1.71. The summed E-state index contributed by atoms with van der Waals surface area (Å²) >= 11 is 1.70. The van der Waals surface area contributed by atoms with Gasteiger partial charge in [-0.15, -0.1) is 0 Å². The number of rotatable bonds is 4. The summed E-state index contributed by atoms with van der Waals surface area (Å²) in [4.78, 5) is 6.39. The Morgan fingerprint density at radius 3 is 2.75 bits per heavy atom. The first-order chi connectivity index (χ1) is 7.79. The van der Waals surface area contributed by atoms with Crippen LogP contribution in [0.4, 0.5) is 5.82 Å². The molecule has 2 rings (SSSR count). The third kappa shape index (κ3) is 2.59. The zero-order chi connectivity index (χ0) is 11.4. The van der Waals surface area contributed by atoms with E-state index in [1.54, 1.807) is 17.5 Å². The molecule has 0 spiro atoms. The van der Waals surface area contributed by atoms with Crippen LogP contribution in [0.15, 0.2) is 35.2 Å². The maximum absolute atomic E-state index is 8.92. The minimum Gasteiger partial charge on any atom is -0.392 e. The number of nitrogens with zero attached hydrogens (tertiary/aromatic N) is 2. The quantitative estimate of drug-likeness (QED) is 0.881. The summed E-state index contributed by atoms with van der Waals surface area (Å²) in [5, 5.41) is 13.1. The molecule has 4 heteroatoms. The van der Waals surface area contributed by atoms with Gasteiger partial charge in [0, 0.05) is 19.8 Å². The van der Waals surface area contributed by atoms with Crippen LogP contribution in [-0.4, -0.2) is 17.1 Å². The fourth-order valence-electron chi connectivity index (χ4n) is 1.47. The highest BCUT2D eigenvalue weighted by molar-refractivity contribution is 7.07.